The Morgan fingerprint density at radius 2 is 1.75 bits per heavy atom. The van der Waals surface area contributed by atoms with Crippen molar-refractivity contribution in [1.82, 2.24) is 5.32 Å². The molecule has 4 rings (SSSR count). The maximum atomic E-state index is 12.3. The summed E-state index contributed by atoms with van der Waals surface area (Å²) >= 11 is 0. The summed E-state index contributed by atoms with van der Waals surface area (Å²) in [6.07, 6.45) is 10.6. The van der Waals surface area contributed by atoms with Gasteiger partial charge in [-0.05, 0) is 81.5 Å². The maximum Gasteiger partial charge on any atom is 0.220 e. The molecule has 3 nitrogen and oxygen atoms in total. The highest BCUT2D eigenvalue weighted by Crippen LogP contribution is 2.61. The van der Waals surface area contributed by atoms with Gasteiger partial charge in [0.05, 0.1) is 0 Å². The van der Waals surface area contributed by atoms with Crippen LogP contribution in [0.25, 0.3) is 0 Å². The molecule has 20 heavy (non-hydrogen) atoms. The van der Waals surface area contributed by atoms with Gasteiger partial charge in [-0.3, -0.25) is 4.79 Å². The molecule has 4 saturated carbocycles. The van der Waals surface area contributed by atoms with E-state index in [1.54, 1.807) is 0 Å². The molecule has 0 radical (unpaired) electrons. The zero-order valence-corrected chi connectivity index (χ0v) is 12.7. The van der Waals surface area contributed by atoms with Crippen molar-refractivity contribution in [1.29, 1.82) is 0 Å². The van der Waals surface area contributed by atoms with Crippen LogP contribution in [-0.4, -0.2) is 23.7 Å². The number of carbonyl (C=O) groups excluding carboxylic acids is 1. The third-order valence-electron chi connectivity index (χ3n) is 5.90. The van der Waals surface area contributed by atoms with Gasteiger partial charge in [0, 0.05) is 19.1 Å². The van der Waals surface area contributed by atoms with Gasteiger partial charge in [0.25, 0.3) is 0 Å². The normalized spacial score (nSPS) is 39.8. The lowest BCUT2D eigenvalue weighted by atomic mass is 9.49. The van der Waals surface area contributed by atoms with Crippen LogP contribution in [-0.2, 0) is 4.79 Å². The van der Waals surface area contributed by atoms with E-state index in [2.05, 4.69) is 5.32 Å². The van der Waals surface area contributed by atoms with Crippen molar-refractivity contribution < 1.29 is 9.90 Å². The largest absolute Gasteiger partial charge is 0.396 e. The minimum Gasteiger partial charge on any atom is -0.396 e. The minimum absolute atomic E-state index is 0.198. The molecule has 0 heterocycles. The number of nitrogens with one attached hydrogen (secondary N) is 1. The first kappa shape index (κ1) is 14.4. The van der Waals surface area contributed by atoms with Crippen LogP contribution < -0.4 is 5.32 Å². The van der Waals surface area contributed by atoms with E-state index in [0.717, 1.165) is 37.0 Å². The molecule has 4 aliphatic carbocycles. The molecule has 114 valence electrons. The molecule has 4 aliphatic rings. The summed E-state index contributed by atoms with van der Waals surface area (Å²) in [4.78, 5) is 12.3. The molecule has 0 aromatic heterocycles. The monoisotopic (exact) mass is 279 g/mol. The zero-order valence-electron chi connectivity index (χ0n) is 12.7. The Hall–Kier alpha value is -0.570. The first-order chi connectivity index (χ1) is 9.58. The van der Waals surface area contributed by atoms with Crippen molar-refractivity contribution >= 4 is 5.91 Å². The van der Waals surface area contributed by atoms with Crippen molar-refractivity contribution in [3.8, 4) is 0 Å². The second-order valence-corrected chi connectivity index (χ2v) is 7.93. The summed E-state index contributed by atoms with van der Waals surface area (Å²) in [5.74, 6) is 3.00. The molecule has 4 bridgehead atoms. The van der Waals surface area contributed by atoms with Crippen LogP contribution in [0.4, 0.5) is 0 Å². The molecule has 1 amide bonds. The highest BCUT2D eigenvalue weighted by molar-refractivity contribution is 5.77. The molecule has 0 saturated heterocycles. The van der Waals surface area contributed by atoms with E-state index in [9.17, 15) is 4.79 Å². The van der Waals surface area contributed by atoms with Gasteiger partial charge in [-0.25, -0.2) is 0 Å². The van der Waals surface area contributed by atoms with E-state index in [0.29, 0.717) is 5.41 Å². The number of hydrogen-bond acceptors (Lipinski definition) is 2. The maximum absolute atomic E-state index is 12.3. The molecular weight excluding hydrogens is 250 g/mol. The van der Waals surface area contributed by atoms with Crippen LogP contribution >= 0.6 is 0 Å². The molecule has 0 aromatic rings. The van der Waals surface area contributed by atoms with Crippen molar-refractivity contribution in [2.45, 2.75) is 70.8 Å². The SMILES string of the molecule is CC(CCCO)NC(=O)CC12CC3CC(CC(C3)C1)C2. The quantitative estimate of drug-likeness (QED) is 0.785. The standard InChI is InChI=1S/C17H29NO2/c1-12(3-2-4-19)18-16(20)11-17-8-13-5-14(9-17)7-15(6-13)10-17/h12-15,19H,2-11H2,1H3,(H,18,20). The number of carbonyl (C=O) groups is 1. The topological polar surface area (TPSA) is 49.3 Å². The Bertz CT molecular complexity index is 331. The minimum atomic E-state index is 0.198. The van der Waals surface area contributed by atoms with E-state index in [1.807, 2.05) is 6.92 Å². The average molecular weight is 279 g/mol. The summed E-state index contributed by atoms with van der Waals surface area (Å²) in [5, 5.41) is 12.0. The predicted octanol–water partition coefficient (Wildman–Crippen LogP) is 2.87. The number of aliphatic hydroxyl groups is 1. The first-order valence-corrected chi connectivity index (χ1v) is 8.49. The Labute approximate surface area is 122 Å². The summed E-state index contributed by atoms with van der Waals surface area (Å²) < 4.78 is 0. The number of rotatable bonds is 6. The van der Waals surface area contributed by atoms with E-state index in [1.165, 1.54) is 38.5 Å². The Morgan fingerprint density at radius 1 is 1.20 bits per heavy atom. The molecule has 0 spiro atoms. The lowest BCUT2D eigenvalue weighted by Crippen LogP contribution is -2.48. The number of amides is 1. The molecule has 0 aromatic carbocycles. The van der Waals surface area contributed by atoms with Gasteiger partial charge >= 0.3 is 0 Å². The van der Waals surface area contributed by atoms with Crippen molar-refractivity contribution in [2.24, 2.45) is 23.2 Å². The Morgan fingerprint density at radius 3 is 2.25 bits per heavy atom. The van der Waals surface area contributed by atoms with Crippen LogP contribution in [0.5, 0.6) is 0 Å². The van der Waals surface area contributed by atoms with Crippen LogP contribution in [0.3, 0.4) is 0 Å². The highest BCUT2D eigenvalue weighted by Gasteiger charge is 2.51. The molecule has 2 N–H and O–H groups in total. The molecular formula is C17H29NO2. The fourth-order valence-electron chi connectivity index (χ4n) is 5.64. The fourth-order valence-corrected chi connectivity index (χ4v) is 5.64. The van der Waals surface area contributed by atoms with Gasteiger partial charge in [-0.1, -0.05) is 0 Å². The molecule has 1 atom stereocenters. The van der Waals surface area contributed by atoms with E-state index >= 15 is 0 Å². The Balaban J connectivity index is 1.53. The third kappa shape index (κ3) is 3.03. The Kier molecular flexibility index (Phi) is 4.07. The first-order valence-electron chi connectivity index (χ1n) is 8.49. The van der Waals surface area contributed by atoms with Crippen LogP contribution in [0.1, 0.15) is 64.7 Å². The van der Waals surface area contributed by atoms with Gasteiger partial charge in [0.1, 0.15) is 0 Å². The van der Waals surface area contributed by atoms with Gasteiger partial charge in [0.15, 0.2) is 0 Å². The van der Waals surface area contributed by atoms with Gasteiger partial charge in [-0.2, -0.15) is 0 Å². The third-order valence-corrected chi connectivity index (χ3v) is 5.90. The van der Waals surface area contributed by atoms with E-state index in [-0.39, 0.29) is 18.6 Å². The second-order valence-electron chi connectivity index (χ2n) is 7.93. The van der Waals surface area contributed by atoms with Crippen LogP contribution in [0, 0.1) is 23.2 Å². The van der Waals surface area contributed by atoms with Crippen molar-refractivity contribution in [3.05, 3.63) is 0 Å². The lowest BCUT2D eigenvalue weighted by Gasteiger charge is -2.56. The van der Waals surface area contributed by atoms with Crippen molar-refractivity contribution in [3.63, 3.8) is 0 Å². The molecule has 3 heteroatoms. The zero-order chi connectivity index (χ0) is 14.2. The summed E-state index contributed by atoms with van der Waals surface area (Å²) in [6, 6.07) is 0.198. The van der Waals surface area contributed by atoms with E-state index in [4.69, 9.17) is 5.11 Å². The predicted molar refractivity (Wildman–Crippen MR) is 79.1 cm³/mol. The molecule has 0 aliphatic heterocycles. The average Bonchev–Trinajstić information content (AvgIpc) is 2.33. The van der Waals surface area contributed by atoms with Crippen molar-refractivity contribution in [2.75, 3.05) is 6.61 Å². The second kappa shape index (κ2) is 5.67. The highest BCUT2D eigenvalue weighted by atomic mass is 16.3. The van der Waals surface area contributed by atoms with E-state index < -0.39 is 0 Å². The molecule has 4 fully saturated rings. The number of hydrogen-bond donors (Lipinski definition) is 2. The van der Waals surface area contributed by atoms with Gasteiger partial charge < -0.3 is 10.4 Å². The van der Waals surface area contributed by atoms with Gasteiger partial charge in [0.2, 0.25) is 5.91 Å². The molecule has 1 unspecified atom stereocenters. The smallest absolute Gasteiger partial charge is 0.220 e. The lowest BCUT2D eigenvalue weighted by molar-refractivity contribution is -0.130. The number of aliphatic hydroxyl groups excluding tert-OH is 1. The van der Waals surface area contributed by atoms with Crippen LogP contribution in [0.15, 0.2) is 0 Å². The summed E-state index contributed by atoms with van der Waals surface area (Å²) in [5.41, 5.74) is 0.343. The van der Waals surface area contributed by atoms with Crippen LogP contribution in [0.2, 0.25) is 0 Å². The summed E-state index contributed by atoms with van der Waals surface area (Å²) in [7, 11) is 0. The van der Waals surface area contributed by atoms with Gasteiger partial charge in [-0.15, -0.1) is 0 Å². The summed E-state index contributed by atoms with van der Waals surface area (Å²) in [6.45, 7) is 2.27. The fraction of sp³-hybridized carbons (Fsp3) is 0.941.